The van der Waals surface area contributed by atoms with Gasteiger partial charge in [0.1, 0.15) is 5.75 Å². The summed E-state index contributed by atoms with van der Waals surface area (Å²) in [6, 6.07) is 18.3. The molecule has 0 saturated heterocycles. The first kappa shape index (κ1) is 27.5. The summed E-state index contributed by atoms with van der Waals surface area (Å²) in [5.41, 5.74) is 5.49. The number of carbonyl (C=O) groups excluding carboxylic acids is 2. The topological polar surface area (TPSA) is 103 Å². The summed E-state index contributed by atoms with van der Waals surface area (Å²) in [7, 11) is 0. The van der Waals surface area contributed by atoms with Gasteiger partial charge in [0.2, 0.25) is 5.91 Å². The number of amides is 2. The number of rotatable bonds is 8. The first-order valence-electron chi connectivity index (χ1n) is 12.9. The molecule has 0 aliphatic heterocycles. The summed E-state index contributed by atoms with van der Waals surface area (Å²) < 4.78 is 5.92. The van der Waals surface area contributed by atoms with Crippen molar-refractivity contribution in [3.05, 3.63) is 94.7 Å². The number of aryl methyl sites for hydroxylation is 1. The highest BCUT2D eigenvalue weighted by atomic mass is 16.5. The second-order valence-electron chi connectivity index (χ2n) is 9.76. The SMILES string of the molecule is CC(=O)Nc1ccc(C#Cc2ccc(OC(C)C)c(C(=O)N[C@@H](CO)Cc3c[nH]c4ccccc34)c2)c(C)c1. The first-order valence-corrected chi connectivity index (χ1v) is 12.9. The number of aromatic nitrogens is 1. The lowest BCUT2D eigenvalue weighted by molar-refractivity contribution is -0.114. The van der Waals surface area contributed by atoms with Gasteiger partial charge >= 0.3 is 0 Å². The molecule has 4 aromatic rings. The van der Waals surface area contributed by atoms with E-state index in [0.29, 0.717) is 29.0 Å². The van der Waals surface area contributed by atoms with Gasteiger partial charge in [-0.2, -0.15) is 0 Å². The molecule has 0 aliphatic carbocycles. The van der Waals surface area contributed by atoms with Crippen LogP contribution in [0.5, 0.6) is 5.75 Å². The van der Waals surface area contributed by atoms with Gasteiger partial charge in [-0.3, -0.25) is 9.59 Å². The Morgan fingerprint density at radius 2 is 1.85 bits per heavy atom. The van der Waals surface area contributed by atoms with Crippen molar-refractivity contribution in [2.75, 3.05) is 11.9 Å². The van der Waals surface area contributed by atoms with Crippen LogP contribution in [0.25, 0.3) is 10.9 Å². The quantitative estimate of drug-likeness (QED) is 0.245. The number of anilines is 1. The van der Waals surface area contributed by atoms with E-state index >= 15 is 0 Å². The molecule has 0 unspecified atom stereocenters. The molecular weight excluding hydrogens is 490 g/mol. The standard InChI is InChI=1S/C32H33N3O4/c1-20(2)39-31-14-10-23(9-11-24-12-13-26(15-21(24)3)34-22(4)37)16-29(31)32(38)35-27(19-36)17-25-18-33-30-8-6-5-7-28(25)30/h5-8,10,12-16,18,20,27,33,36H,17,19H2,1-4H3,(H,34,37)(H,35,38)/t27-/m1/s1. The van der Waals surface area contributed by atoms with E-state index in [2.05, 4.69) is 27.5 Å². The molecule has 200 valence electrons. The van der Waals surface area contributed by atoms with Gasteiger partial charge in [0.05, 0.1) is 24.3 Å². The fourth-order valence-electron chi connectivity index (χ4n) is 4.36. The molecule has 7 heteroatoms. The molecule has 39 heavy (non-hydrogen) atoms. The molecule has 3 aromatic carbocycles. The lowest BCUT2D eigenvalue weighted by Gasteiger charge is -2.19. The van der Waals surface area contributed by atoms with Gasteiger partial charge in [0.25, 0.3) is 5.91 Å². The summed E-state index contributed by atoms with van der Waals surface area (Å²) in [5.74, 6) is 6.27. The van der Waals surface area contributed by atoms with Crippen molar-refractivity contribution in [2.24, 2.45) is 0 Å². The van der Waals surface area contributed by atoms with Crippen LogP contribution < -0.4 is 15.4 Å². The number of benzene rings is 3. The predicted octanol–water partition coefficient (Wildman–Crippen LogP) is 4.96. The third kappa shape index (κ3) is 7.07. The Morgan fingerprint density at radius 3 is 2.56 bits per heavy atom. The minimum Gasteiger partial charge on any atom is -0.490 e. The number of fused-ring (bicyclic) bond motifs is 1. The molecule has 0 fully saturated rings. The van der Waals surface area contributed by atoms with Gasteiger partial charge < -0.3 is 25.5 Å². The zero-order chi connectivity index (χ0) is 27.9. The molecule has 1 heterocycles. The maximum atomic E-state index is 13.4. The molecule has 0 radical (unpaired) electrons. The third-order valence-corrected chi connectivity index (χ3v) is 6.17. The zero-order valence-corrected chi connectivity index (χ0v) is 22.6. The molecule has 0 spiro atoms. The van der Waals surface area contributed by atoms with E-state index in [4.69, 9.17) is 4.74 Å². The van der Waals surface area contributed by atoms with E-state index < -0.39 is 6.04 Å². The van der Waals surface area contributed by atoms with E-state index in [1.807, 2.05) is 69.4 Å². The number of carbonyl (C=O) groups is 2. The lowest BCUT2D eigenvalue weighted by atomic mass is 10.0. The fraction of sp³-hybridized carbons (Fsp3) is 0.250. The minimum absolute atomic E-state index is 0.127. The van der Waals surface area contributed by atoms with Crippen LogP contribution in [0.4, 0.5) is 5.69 Å². The van der Waals surface area contributed by atoms with Crippen molar-refractivity contribution in [2.45, 2.75) is 46.3 Å². The summed E-state index contributed by atoms with van der Waals surface area (Å²) >= 11 is 0. The molecular formula is C32H33N3O4. The van der Waals surface area contributed by atoms with Crippen LogP contribution >= 0.6 is 0 Å². The molecule has 2 amide bonds. The summed E-state index contributed by atoms with van der Waals surface area (Å²) in [6.45, 7) is 6.98. The first-order chi connectivity index (χ1) is 18.7. The fourth-order valence-corrected chi connectivity index (χ4v) is 4.36. The van der Waals surface area contributed by atoms with Crippen LogP contribution in [-0.2, 0) is 11.2 Å². The summed E-state index contributed by atoms with van der Waals surface area (Å²) in [4.78, 5) is 28.0. The second kappa shape index (κ2) is 12.3. The molecule has 7 nitrogen and oxygen atoms in total. The van der Waals surface area contributed by atoms with Gasteiger partial charge in [0.15, 0.2) is 0 Å². The van der Waals surface area contributed by atoms with E-state index in [1.54, 1.807) is 18.2 Å². The van der Waals surface area contributed by atoms with Crippen molar-refractivity contribution < 1.29 is 19.4 Å². The van der Waals surface area contributed by atoms with Crippen LogP contribution in [0, 0.1) is 18.8 Å². The molecule has 1 atom stereocenters. The Labute approximate surface area is 228 Å². The normalized spacial score (nSPS) is 11.5. The number of aliphatic hydroxyl groups is 1. The van der Waals surface area contributed by atoms with Crippen molar-refractivity contribution >= 4 is 28.4 Å². The van der Waals surface area contributed by atoms with Gasteiger partial charge in [0, 0.05) is 40.8 Å². The van der Waals surface area contributed by atoms with Gasteiger partial charge in [-0.25, -0.2) is 0 Å². The number of ether oxygens (including phenoxy) is 1. The van der Waals surface area contributed by atoms with Crippen LogP contribution in [0.2, 0.25) is 0 Å². The van der Waals surface area contributed by atoms with Crippen LogP contribution in [0.1, 0.15) is 53.4 Å². The number of hydrogen-bond acceptors (Lipinski definition) is 4. The maximum absolute atomic E-state index is 13.4. The van der Waals surface area contributed by atoms with Crippen LogP contribution in [0.3, 0.4) is 0 Å². The number of aromatic amines is 1. The number of aliphatic hydroxyl groups excluding tert-OH is 1. The monoisotopic (exact) mass is 523 g/mol. The van der Waals surface area contributed by atoms with Crippen molar-refractivity contribution in [3.8, 4) is 17.6 Å². The molecule has 0 saturated carbocycles. The highest BCUT2D eigenvalue weighted by molar-refractivity contribution is 5.97. The average molecular weight is 524 g/mol. The van der Waals surface area contributed by atoms with Crippen LogP contribution in [0.15, 0.2) is 66.9 Å². The highest BCUT2D eigenvalue weighted by Gasteiger charge is 2.19. The number of para-hydroxylation sites is 1. The van der Waals surface area contributed by atoms with Crippen molar-refractivity contribution in [1.29, 1.82) is 0 Å². The Kier molecular flexibility index (Phi) is 8.70. The van der Waals surface area contributed by atoms with Gasteiger partial charge in [-0.05, 0) is 80.8 Å². The summed E-state index contributed by atoms with van der Waals surface area (Å²) in [6.07, 6.45) is 2.26. The largest absolute Gasteiger partial charge is 0.490 e. The zero-order valence-electron chi connectivity index (χ0n) is 22.6. The Hall–Kier alpha value is -4.54. The predicted molar refractivity (Wildman–Crippen MR) is 154 cm³/mol. The van der Waals surface area contributed by atoms with Gasteiger partial charge in [-0.1, -0.05) is 30.0 Å². The lowest BCUT2D eigenvalue weighted by Crippen LogP contribution is -2.39. The van der Waals surface area contributed by atoms with E-state index in [1.165, 1.54) is 6.92 Å². The molecule has 4 N–H and O–H groups in total. The van der Waals surface area contributed by atoms with E-state index in [0.717, 1.165) is 27.6 Å². The summed E-state index contributed by atoms with van der Waals surface area (Å²) in [5, 5.41) is 16.9. The smallest absolute Gasteiger partial charge is 0.255 e. The average Bonchev–Trinajstić information content (AvgIpc) is 3.30. The highest BCUT2D eigenvalue weighted by Crippen LogP contribution is 2.23. The molecule has 0 bridgehead atoms. The van der Waals surface area contributed by atoms with Crippen LogP contribution in [-0.4, -0.2) is 40.7 Å². The molecule has 0 aliphatic rings. The van der Waals surface area contributed by atoms with E-state index in [9.17, 15) is 14.7 Å². The number of hydrogen-bond donors (Lipinski definition) is 4. The molecule has 1 aromatic heterocycles. The number of H-pyrrole nitrogens is 1. The Morgan fingerprint density at radius 1 is 1.05 bits per heavy atom. The maximum Gasteiger partial charge on any atom is 0.255 e. The minimum atomic E-state index is -0.483. The molecule has 4 rings (SSSR count). The van der Waals surface area contributed by atoms with E-state index in [-0.39, 0.29) is 24.5 Å². The third-order valence-electron chi connectivity index (χ3n) is 6.17. The Balaban J connectivity index is 1.57. The van der Waals surface area contributed by atoms with Gasteiger partial charge in [-0.15, -0.1) is 0 Å². The van der Waals surface area contributed by atoms with Crippen molar-refractivity contribution in [1.82, 2.24) is 10.3 Å². The number of nitrogens with one attached hydrogen (secondary N) is 3. The van der Waals surface area contributed by atoms with Crippen molar-refractivity contribution in [3.63, 3.8) is 0 Å². The second-order valence-corrected chi connectivity index (χ2v) is 9.76. The Bertz CT molecular complexity index is 1560.